The van der Waals surface area contributed by atoms with Crippen molar-refractivity contribution in [2.75, 3.05) is 7.05 Å². The van der Waals surface area contributed by atoms with Gasteiger partial charge in [-0.2, -0.15) is 0 Å². The molecule has 0 spiro atoms. The second kappa shape index (κ2) is 12.5. The quantitative estimate of drug-likeness (QED) is 0.639. The van der Waals surface area contributed by atoms with Crippen molar-refractivity contribution in [2.24, 2.45) is 5.92 Å². The normalized spacial score (nSPS) is 15.5. The van der Waals surface area contributed by atoms with E-state index in [0.29, 0.717) is 0 Å². The van der Waals surface area contributed by atoms with Gasteiger partial charge in [0.1, 0.15) is 0 Å². The molecule has 0 aromatic carbocycles. The van der Waals surface area contributed by atoms with Crippen molar-refractivity contribution >= 4 is 5.91 Å². The second-order valence-electron chi connectivity index (χ2n) is 3.55. The van der Waals surface area contributed by atoms with Gasteiger partial charge in [-0.3, -0.25) is 4.79 Å². The summed E-state index contributed by atoms with van der Waals surface area (Å²) in [5.41, 5.74) is 0. The lowest BCUT2D eigenvalue weighted by Gasteiger charge is -2.15. The van der Waals surface area contributed by atoms with E-state index >= 15 is 0 Å². The Morgan fingerprint density at radius 1 is 1.14 bits per heavy atom. The van der Waals surface area contributed by atoms with E-state index in [4.69, 9.17) is 0 Å². The lowest BCUT2D eigenvalue weighted by atomic mass is 9.91. The number of rotatable bonds is 0. The molecule has 0 heterocycles. The summed E-state index contributed by atoms with van der Waals surface area (Å²) in [4.78, 5) is 9.70. The molecule has 1 fully saturated rings. The number of amides is 1. The molecule has 1 aliphatic carbocycles. The summed E-state index contributed by atoms with van der Waals surface area (Å²) >= 11 is 0. The molecule has 0 aromatic heterocycles. The van der Waals surface area contributed by atoms with Gasteiger partial charge in [-0.1, -0.05) is 52.9 Å². The highest BCUT2D eigenvalue weighted by atomic mass is 16.1. The third kappa shape index (κ3) is 14.0. The van der Waals surface area contributed by atoms with Crippen molar-refractivity contribution < 1.29 is 4.79 Å². The Bertz CT molecular complexity index is 117. The smallest absolute Gasteiger partial charge is 0.216 e. The fraction of sp³-hybridized carbons (Fsp3) is 0.917. The minimum atomic E-state index is 0.00463. The number of nitrogens with one attached hydrogen (secondary N) is 1. The zero-order valence-corrected chi connectivity index (χ0v) is 10.5. The average molecular weight is 201 g/mol. The fourth-order valence-electron chi connectivity index (χ4n) is 1.31. The maximum absolute atomic E-state index is 9.70. The Labute approximate surface area is 89.5 Å². The first-order chi connectivity index (χ1) is 6.66. The monoisotopic (exact) mass is 201 g/mol. The summed E-state index contributed by atoms with van der Waals surface area (Å²) in [6, 6.07) is 0. The molecule has 0 saturated heterocycles. The van der Waals surface area contributed by atoms with E-state index in [1.807, 2.05) is 13.8 Å². The van der Waals surface area contributed by atoms with E-state index in [0.717, 1.165) is 5.92 Å². The van der Waals surface area contributed by atoms with Crippen molar-refractivity contribution in [3.05, 3.63) is 0 Å². The van der Waals surface area contributed by atoms with Crippen LogP contribution in [0.15, 0.2) is 0 Å². The van der Waals surface area contributed by atoms with Gasteiger partial charge < -0.3 is 5.32 Å². The maximum atomic E-state index is 9.70. The molecule has 0 atom stereocenters. The molecule has 2 nitrogen and oxygen atoms in total. The van der Waals surface area contributed by atoms with Crippen LogP contribution in [0, 0.1) is 5.92 Å². The second-order valence-corrected chi connectivity index (χ2v) is 3.55. The van der Waals surface area contributed by atoms with Gasteiger partial charge in [0.2, 0.25) is 5.91 Å². The molecule has 0 aromatic rings. The molecular weight excluding hydrogens is 174 g/mol. The molecule has 1 saturated carbocycles. The summed E-state index contributed by atoms with van der Waals surface area (Å²) < 4.78 is 0. The lowest BCUT2D eigenvalue weighted by molar-refractivity contribution is -0.118. The van der Waals surface area contributed by atoms with Crippen LogP contribution in [0.3, 0.4) is 0 Å². The Morgan fingerprint density at radius 3 is 1.64 bits per heavy atom. The highest BCUT2D eigenvalue weighted by molar-refractivity contribution is 5.72. The van der Waals surface area contributed by atoms with Crippen LogP contribution < -0.4 is 5.32 Å². The third-order valence-corrected chi connectivity index (χ3v) is 2.25. The largest absolute Gasteiger partial charge is 0.359 e. The molecule has 0 bridgehead atoms. The first-order valence-corrected chi connectivity index (χ1v) is 5.85. The molecule has 2 heteroatoms. The number of carbonyl (C=O) groups is 1. The predicted molar refractivity (Wildman–Crippen MR) is 63.3 cm³/mol. The minimum absolute atomic E-state index is 0.00463. The molecule has 0 aliphatic heterocycles. The molecule has 14 heavy (non-hydrogen) atoms. The summed E-state index contributed by atoms with van der Waals surface area (Å²) in [5, 5.41) is 2.39. The van der Waals surface area contributed by atoms with Gasteiger partial charge in [-0.25, -0.2) is 0 Å². The summed E-state index contributed by atoms with van der Waals surface area (Å²) in [6.45, 7) is 7.83. The first-order valence-electron chi connectivity index (χ1n) is 5.85. The molecule has 1 rings (SSSR count). The molecule has 1 amide bonds. The Balaban J connectivity index is 0. The summed E-state index contributed by atoms with van der Waals surface area (Å²) in [7, 11) is 1.60. The van der Waals surface area contributed by atoms with E-state index in [1.54, 1.807) is 7.05 Å². The standard InChI is InChI=1S/C7H14.C3H7NO.C2H6/c1-7-5-3-2-4-6-7;1-3(5)4-2;1-2/h7H,2-6H2,1H3;1-2H3,(H,4,5);1-2H3. The maximum Gasteiger partial charge on any atom is 0.216 e. The van der Waals surface area contributed by atoms with E-state index < -0.39 is 0 Å². The van der Waals surface area contributed by atoms with E-state index in [1.165, 1.54) is 39.0 Å². The van der Waals surface area contributed by atoms with Crippen LogP contribution in [0.1, 0.15) is 59.8 Å². The van der Waals surface area contributed by atoms with Gasteiger partial charge in [0.05, 0.1) is 0 Å². The topological polar surface area (TPSA) is 29.1 Å². The molecular formula is C12H27NO. The van der Waals surface area contributed by atoms with Crippen LogP contribution in [0.2, 0.25) is 0 Å². The van der Waals surface area contributed by atoms with Crippen LogP contribution in [0.4, 0.5) is 0 Å². The van der Waals surface area contributed by atoms with Crippen molar-refractivity contribution in [1.29, 1.82) is 0 Å². The first kappa shape index (κ1) is 15.9. The van der Waals surface area contributed by atoms with E-state index in [2.05, 4.69) is 12.2 Å². The van der Waals surface area contributed by atoms with Crippen LogP contribution in [0.25, 0.3) is 0 Å². The van der Waals surface area contributed by atoms with Gasteiger partial charge >= 0.3 is 0 Å². The predicted octanol–water partition coefficient (Wildman–Crippen LogP) is 3.37. The molecule has 0 unspecified atom stereocenters. The van der Waals surface area contributed by atoms with Crippen LogP contribution >= 0.6 is 0 Å². The molecule has 0 radical (unpaired) electrons. The zero-order valence-electron chi connectivity index (χ0n) is 10.5. The minimum Gasteiger partial charge on any atom is -0.359 e. The van der Waals surface area contributed by atoms with Gasteiger partial charge in [-0.05, 0) is 5.92 Å². The van der Waals surface area contributed by atoms with Gasteiger partial charge in [0.25, 0.3) is 0 Å². The van der Waals surface area contributed by atoms with Crippen LogP contribution in [-0.2, 0) is 4.79 Å². The number of hydrogen-bond donors (Lipinski definition) is 1. The lowest BCUT2D eigenvalue weighted by Crippen LogP contribution is -2.11. The molecule has 1 N–H and O–H groups in total. The highest BCUT2D eigenvalue weighted by Crippen LogP contribution is 2.21. The van der Waals surface area contributed by atoms with Crippen molar-refractivity contribution in [3.8, 4) is 0 Å². The molecule has 86 valence electrons. The highest BCUT2D eigenvalue weighted by Gasteiger charge is 2.05. The summed E-state index contributed by atoms with van der Waals surface area (Å²) in [5.74, 6) is 1.04. The Morgan fingerprint density at radius 2 is 1.50 bits per heavy atom. The van der Waals surface area contributed by atoms with E-state index in [9.17, 15) is 4.79 Å². The van der Waals surface area contributed by atoms with E-state index in [-0.39, 0.29) is 5.91 Å². The van der Waals surface area contributed by atoms with Crippen LogP contribution in [-0.4, -0.2) is 13.0 Å². The Kier molecular flexibility index (Phi) is 14.2. The van der Waals surface area contributed by atoms with Crippen LogP contribution in [0.5, 0.6) is 0 Å². The number of hydrogen-bond acceptors (Lipinski definition) is 1. The van der Waals surface area contributed by atoms with Gasteiger partial charge in [0.15, 0.2) is 0 Å². The van der Waals surface area contributed by atoms with Crippen molar-refractivity contribution in [1.82, 2.24) is 5.32 Å². The average Bonchev–Trinajstić information content (AvgIpc) is 2.23. The van der Waals surface area contributed by atoms with Crippen molar-refractivity contribution in [2.45, 2.75) is 59.8 Å². The number of carbonyl (C=O) groups excluding carboxylic acids is 1. The van der Waals surface area contributed by atoms with Gasteiger partial charge in [0, 0.05) is 14.0 Å². The fourth-order valence-corrected chi connectivity index (χ4v) is 1.31. The molecule has 1 aliphatic rings. The zero-order chi connectivity index (χ0) is 11.4. The van der Waals surface area contributed by atoms with Crippen molar-refractivity contribution in [3.63, 3.8) is 0 Å². The third-order valence-electron chi connectivity index (χ3n) is 2.25. The summed E-state index contributed by atoms with van der Waals surface area (Å²) in [6.07, 6.45) is 7.44. The Hall–Kier alpha value is -0.530. The van der Waals surface area contributed by atoms with Gasteiger partial charge in [-0.15, -0.1) is 0 Å². The SMILES string of the molecule is CC.CC1CCCCC1.CNC(C)=O.